The first-order valence-corrected chi connectivity index (χ1v) is 15.5. The number of hydrogen-bond donors (Lipinski definition) is 2. The molecule has 2 N–H and O–H groups in total. The molecule has 3 amide bonds. The van der Waals surface area contributed by atoms with E-state index < -0.39 is 29.6 Å². The SMILES string of the molecule is CC(C)OCCCN1C(=O)[C@H]2[C@H](C(=O)Nc3ccc(C(C)C)cc3)[C@H]3C=C[C@@]2(O3)[C@@H]1C(=O)N[C@@H]1CCC[C@@H](C)[C@@H]1C. The second-order valence-electron chi connectivity index (χ2n) is 13.2. The van der Waals surface area contributed by atoms with E-state index in [0.29, 0.717) is 43.0 Å². The Hall–Kier alpha value is -2.71. The van der Waals surface area contributed by atoms with Gasteiger partial charge in [-0.05, 0) is 62.1 Å². The molecule has 3 aliphatic heterocycles. The predicted octanol–water partition coefficient (Wildman–Crippen LogP) is 4.66. The van der Waals surface area contributed by atoms with Crippen molar-refractivity contribution in [3.63, 3.8) is 0 Å². The van der Waals surface area contributed by atoms with Crippen LogP contribution in [-0.4, -0.2) is 65.7 Å². The third-order valence-electron chi connectivity index (χ3n) is 9.80. The van der Waals surface area contributed by atoms with Gasteiger partial charge in [0.15, 0.2) is 0 Å². The lowest BCUT2D eigenvalue weighted by atomic mass is 9.73. The van der Waals surface area contributed by atoms with E-state index in [9.17, 15) is 14.4 Å². The van der Waals surface area contributed by atoms with E-state index in [1.165, 1.54) is 5.56 Å². The quantitative estimate of drug-likeness (QED) is 0.318. The van der Waals surface area contributed by atoms with Crippen molar-refractivity contribution in [2.45, 2.75) is 103 Å². The van der Waals surface area contributed by atoms with E-state index in [1.54, 1.807) is 4.90 Å². The fourth-order valence-corrected chi connectivity index (χ4v) is 7.29. The second kappa shape index (κ2) is 11.9. The molecule has 1 aromatic rings. The van der Waals surface area contributed by atoms with Gasteiger partial charge in [0, 0.05) is 24.9 Å². The fourth-order valence-electron chi connectivity index (χ4n) is 7.29. The van der Waals surface area contributed by atoms with E-state index in [1.807, 2.05) is 50.3 Å². The maximum Gasteiger partial charge on any atom is 0.246 e. The number of ether oxygens (including phenoxy) is 2. The van der Waals surface area contributed by atoms with Crippen molar-refractivity contribution in [1.82, 2.24) is 10.2 Å². The average Bonchev–Trinajstić information content (AvgIpc) is 3.57. The van der Waals surface area contributed by atoms with Gasteiger partial charge in [0.05, 0.1) is 24.0 Å². The molecule has 2 saturated heterocycles. The minimum absolute atomic E-state index is 0.0541. The lowest BCUT2D eigenvalue weighted by molar-refractivity contribution is -0.142. The van der Waals surface area contributed by atoms with Gasteiger partial charge in [-0.1, -0.05) is 64.8 Å². The number of likely N-dealkylation sites (tertiary alicyclic amines) is 1. The summed E-state index contributed by atoms with van der Waals surface area (Å²) in [5, 5.41) is 6.33. The molecule has 0 unspecified atom stereocenters. The minimum Gasteiger partial charge on any atom is -0.379 e. The standard InChI is InChI=1S/C33H47N3O5/c1-19(2)23-11-13-24(14-12-23)34-30(37)27-26-15-16-33(41-26)28(27)32(39)36(17-8-18-40-20(3)4)29(33)31(38)35-25-10-7-9-21(5)22(25)6/h11-16,19-22,25-29H,7-10,17-18H2,1-6H3,(H,34,37)(H,35,38)/t21-,22+,25-,26-,27-,28-,29+,33+/m1/s1. The number of hydrogen-bond acceptors (Lipinski definition) is 5. The number of nitrogens with zero attached hydrogens (tertiary/aromatic N) is 1. The molecule has 1 aliphatic carbocycles. The van der Waals surface area contributed by atoms with Gasteiger partial charge < -0.3 is 25.0 Å². The first kappa shape index (κ1) is 29.8. The summed E-state index contributed by atoms with van der Waals surface area (Å²) in [6, 6.07) is 7.04. The summed E-state index contributed by atoms with van der Waals surface area (Å²) in [4.78, 5) is 43.6. The molecule has 41 heavy (non-hydrogen) atoms. The molecular weight excluding hydrogens is 518 g/mol. The molecule has 1 spiro atoms. The Morgan fingerprint density at radius 3 is 2.51 bits per heavy atom. The third kappa shape index (κ3) is 5.57. The number of carbonyl (C=O) groups is 3. The number of nitrogens with one attached hydrogen (secondary N) is 2. The van der Waals surface area contributed by atoms with Crippen molar-refractivity contribution in [3.8, 4) is 0 Å². The smallest absolute Gasteiger partial charge is 0.246 e. The third-order valence-corrected chi connectivity index (χ3v) is 9.80. The maximum atomic E-state index is 14.1. The van der Waals surface area contributed by atoms with Gasteiger partial charge in [0.25, 0.3) is 0 Å². The van der Waals surface area contributed by atoms with Crippen molar-refractivity contribution < 1.29 is 23.9 Å². The van der Waals surface area contributed by atoms with Crippen molar-refractivity contribution in [2.24, 2.45) is 23.7 Å². The van der Waals surface area contributed by atoms with E-state index in [2.05, 4.69) is 38.3 Å². The summed E-state index contributed by atoms with van der Waals surface area (Å²) in [6.45, 7) is 13.5. The molecule has 4 aliphatic rings. The van der Waals surface area contributed by atoms with Crippen LogP contribution in [0.2, 0.25) is 0 Å². The maximum absolute atomic E-state index is 14.1. The molecule has 3 heterocycles. The Bertz CT molecular complexity index is 1160. The van der Waals surface area contributed by atoms with E-state index in [-0.39, 0.29) is 29.9 Å². The van der Waals surface area contributed by atoms with Gasteiger partial charge >= 0.3 is 0 Å². The molecule has 5 rings (SSSR count). The fraction of sp³-hybridized carbons (Fsp3) is 0.667. The van der Waals surface area contributed by atoms with Crippen molar-refractivity contribution in [1.29, 1.82) is 0 Å². The van der Waals surface area contributed by atoms with Crippen molar-refractivity contribution >= 4 is 23.4 Å². The Labute approximate surface area is 244 Å². The van der Waals surface area contributed by atoms with E-state index in [4.69, 9.17) is 9.47 Å². The lowest BCUT2D eigenvalue weighted by Gasteiger charge is -2.38. The highest BCUT2D eigenvalue weighted by Crippen LogP contribution is 2.55. The predicted molar refractivity (Wildman–Crippen MR) is 158 cm³/mol. The highest BCUT2D eigenvalue weighted by molar-refractivity contribution is 6.02. The van der Waals surface area contributed by atoms with Gasteiger partial charge in [0.2, 0.25) is 17.7 Å². The van der Waals surface area contributed by atoms with Crippen molar-refractivity contribution in [3.05, 3.63) is 42.0 Å². The van der Waals surface area contributed by atoms with Crippen LogP contribution in [0.25, 0.3) is 0 Å². The lowest BCUT2D eigenvalue weighted by Crippen LogP contribution is -2.58. The van der Waals surface area contributed by atoms with Crippen LogP contribution in [0.1, 0.15) is 78.7 Å². The normalized spacial score (nSPS) is 34.0. The molecule has 1 saturated carbocycles. The number of anilines is 1. The first-order valence-electron chi connectivity index (χ1n) is 15.5. The molecule has 0 aromatic heterocycles. The zero-order chi connectivity index (χ0) is 29.5. The van der Waals surface area contributed by atoms with Crippen LogP contribution in [0.4, 0.5) is 5.69 Å². The van der Waals surface area contributed by atoms with E-state index in [0.717, 1.165) is 19.3 Å². The summed E-state index contributed by atoms with van der Waals surface area (Å²) in [5.41, 5.74) is 0.715. The van der Waals surface area contributed by atoms with Crippen LogP contribution in [0.15, 0.2) is 36.4 Å². The zero-order valence-corrected chi connectivity index (χ0v) is 25.4. The second-order valence-corrected chi connectivity index (χ2v) is 13.2. The summed E-state index contributed by atoms with van der Waals surface area (Å²) < 4.78 is 12.2. The molecular formula is C33H47N3O5. The van der Waals surface area contributed by atoms with Gasteiger partial charge in [-0.25, -0.2) is 0 Å². The molecule has 3 fully saturated rings. The van der Waals surface area contributed by atoms with Gasteiger partial charge in [-0.2, -0.15) is 0 Å². The monoisotopic (exact) mass is 565 g/mol. The topological polar surface area (TPSA) is 97.0 Å². The highest BCUT2D eigenvalue weighted by Gasteiger charge is 2.72. The molecule has 8 atom stereocenters. The van der Waals surface area contributed by atoms with Crippen molar-refractivity contribution in [2.75, 3.05) is 18.5 Å². The number of amides is 3. The van der Waals surface area contributed by atoms with Gasteiger partial charge in [-0.15, -0.1) is 0 Å². The Kier molecular flexibility index (Phi) is 8.63. The molecule has 8 nitrogen and oxygen atoms in total. The molecule has 224 valence electrons. The number of rotatable bonds is 10. The molecule has 2 bridgehead atoms. The Morgan fingerprint density at radius 2 is 1.83 bits per heavy atom. The summed E-state index contributed by atoms with van der Waals surface area (Å²) in [6.07, 6.45) is 7.04. The van der Waals surface area contributed by atoms with Crippen LogP contribution in [0.3, 0.4) is 0 Å². The van der Waals surface area contributed by atoms with E-state index >= 15 is 0 Å². The van der Waals surface area contributed by atoms with Gasteiger partial charge in [-0.3, -0.25) is 14.4 Å². The zero-order valence-electron chi connectivity index (χ0n) is 25.4. The Morgan fingerprint density at radius 1 is 1.10 bits per heavy atom. The largest absolute Gasteiger partial charge is 0.379 e. The average molecular weight is 566 g/mol. The molecule has 8 heteroatoms. The van der Waals surface area contributed by atoms with Crippen LogP contribution < -0.4 is 10.6 Å². The van der Waals surface area contributed by atoms with Crippen LogP contribution in [-0.2, 0) is 23.9 Å². The minimum atomic E-state index is -1.15. The number of benzene rings is 1. The first-order chi connectivity index (χ1) is 19.5. The number of fused-ring (bicyclic) bond motifs is 1. The Balaban J connectivity index is 1.39. The van der Waals surface area contributed by atoms with Crippen LogP contribution in [0, 0.1) is 23.7 Å². The summed E-state index contributed by atoms with van der Waals surface area (Å²) in [7, 11) is 0. The number of carbonyl (C=O) groups excluding carboxylic acids is 3. The summed E-state index contributed by atoms with van der Waals surface area (Å²) in [5.74, 6) is -0.835. The van der Waals surface area contributed by atoms with Crippen LogP contribution in [0.5, 0.6) is 0 Å². The summed E-state index contributed by atoms with van der Waals surface area (Å²) >= 11 is 0. The molecule has 0 radical (unpaired) electrons. The van der Waals surface area contributed by atoms with Crippen LogP contribution >= 0.6 is 0 Å². The molecule has 1 aromatic carbocycles. The highest BCUT2D eigenvalue weighted by atomic mass is 16.5. The van der Waals surface area contributed by atoms with Gasteiger partial charge in [0.1, 0.15) is 11.6 Å².